The molecule has 8 heteroatoms. The maximum atomic E-state index is 12.3. The number of carbonyl (C=O) groups is 3. The van der Waals surface area contributed by atoms with Crippen LogP contribution in [0.5, 0.6) is 5.75 Å². The topological polar surface area (TPSA) is 106 Å². The molecule has 0 atom stereocenters. The van der Waals surface area contributed by atoms with Gasteiger partial charge in [-0.2, -0.15) is 0 Å². The van der Waals surface area contributed by atoms with Gasteiger partial charge >= 0.3 is 6.09 Å². The summed E-state index contributed by atoms with van der Waals surface area (Å²) >= 11 is 0. The van der Waals surface area contributed by atoms with Crippen LogP contribution in [0.15, 0.2) is 48.5 Å². The number of amides is 3. The van der Waals surface area contributed by atoms with Gasteiger partial charge in [0.15, 0.2) is 0 Å². The van der Waals surface area contributed by atoms with Crippen LogP contribution < -0.4 is 20.7 Å². The fraction of sp³-hybridized carbons (Fsp3) is 0.483. The molecular formula is C29H41N3O5. The first-order valence-corrected chi connectivity index (χ1v) is 12.7. The Hall–Kier alpha value is -3.55. The average Bonchev–Trinajstić information content (AvgIpc) is 2.80. The van der Waals surface area contributed by atoms with Crippen LogP contribution in [0.4, 0.5) is 10.5 Å². The quantitative estimate of drug-likeness (QED) is 0.355. The fourth-order valence-electron chi connectivity index (χ4n) is 3.36. The Balaban J connectivity index is 1.71. The number of alkyl carbamates (subject to hydrolysis) is 1. The first-order chi connectivity index (χ1) is 17.3. The minimum Gasteiger partial charge on any atom is -0.494 e. The lowest BCUT2D eigenvalue weighted by molar-refractivity contribution is -0.121. The molecule has 0 heterocycles. The minimum absolute atomic E-state index is 0.0885. The molecule has 37 heavy (non-hydrogen) atoms. The molecule has 0 aliphatic carbocycles. The summed E-state index contributed by atoms with van der Waals surface area (Å²) in [4.78, 5) is 36.3. The molecule has 8 nitrogen and oxygen atoms in total. The Morgan fingerprint density at radius 1 is 0.811 bits per heavy atom. The van der Waals surface area contributed by atoms with E-state index in [0.29, 0.717) is 31.7 Å². The molecule has 0 radical (unpaired) electrons. The van der Waals surface area contributed by atoms with E-state index in [0.717, 1.165) is 11.3 Å². The van der Waals surface area contributed by atoms with Crippen LogP contribution >= 0.6 is 0 Å². The molecular weight excluding hydrogens is 470 g/mol. The number of hydrogen-bond acceptors (Lipinski definition) is 5. The largest absolute Gasteiger partial charge is 0.494 e. The second-order valence-electron chi connectivity index (χ2n) is 10.9. The minimum atomic E-state index is -0.596. The van der Waals surface area contributed by atoms with Crippen molar-refractivity contribution in [1.82, 2.24) is 10.6 Å². The molecule has 2 rings (SSSR count). The van der Waals surface area contributed by atoms with Gasteiger partial charge in [0.25, 0.3) is 0 Å². The number of benzene rings is 2. The summed E-state index contributed by atoms with van der Waals surface area (Å²) < 4.78 is 10.9. The molecule has 0 fully saturated rings. The van der Waals surface area contributed by atoms with Crippen LogP contribution in [-0.4, -0.2) is 36.7 Å². The molecule has 2 aromatic carbocycles. The summed E-state index contributed by atoms with van der Waals surface area (Å²) in [6.45, 7) is 12.7. The average molecular weight is 512 g/mol. The van der Waals surface area contributed by atoms with E-state index in [4.69, 9.17) is 9.47 Å². The molecule has 0 unspecified atom stereocenters. The van der Waals surface area contributed by atoms with Crippen LogP contribution in [0.2, 0.25) is 0 Å². The zero-order valence-corrected chi connectivity index (χ0v) is 22.9. The second-order valence-corrected chi connectivity index (χ2v) is 10.9. The zero-order chi connectivity index (χ0) is 27.5. The number of carbonyl (C=O) groups excluding carboxylic acids is 3. The van der Waals surface area contributed by atoms with Crippen LogP contribution in [0.3, 0.4) is 0 Å². The van der Waals surface area contributed by atoms with E-state index in [1.54, 1.807) is 26.8 Å². The third-order valence-electron chi connectivity index (χ3n) is 5.32. The smallest absolute Gasteiger partial charge is 0.407 e. The first kappa shape index (κ1) is 29.7. The number of anilines is 1. The van der Waals surface area contributed by atoms with E-state index in [-0.39, 0.29) is 30.2 Å². The first-order valence-electron chi connectivity index (χ1n) is 12.7. The molecule has 3 amide bonds. The van der Waals surface area contributed by atoms with Gasteiger partial charge in [0.1, 0.15) is 11.4 Å². The van der Waals surface area contributed by atoms with Crippen molar-refractivity contribution in [2.75, 3.05) is 18.5 Å². The van der Waals surface area contributed by atoms with Crippen LogP contribution in [0.1, 0.15) is 71.9 Å². The van der Waals surface area contributed by atoms with Gasteiger partial charge in [-0.1, -0.05) is 51.1 Å². The number of ether oxygens (including phenoxy) is 2. The second kappa shape index (κ2) is 13.7. The summed E-state index contributed by atoms with van der Waals surface area (Å²) in [6.07, 6.45) is 0.465. The normalized spacial score (nSPS) is 11.4. The number of rotatable bonds is 11. The van der Waals surface area contributed by atoms with E-state index < -0.39 is 11.7 Å². The third kappa shape index (κ3) is 11.8. The van der Waals surface area contributed by atoms with E-state index in [1.807, 2.05) is 30.3 Å². The van der Waals surface area contributed by atoms with Gasteiger partial charge in [0.2, 0.25) is 11.8 Å². The summed E-state index contributed by atoms with van der Waals surface area (Å²) in [6, 6.07) is 15.3. The van der Waals surface area contributed by atoms with Crippen LogP contribution in [0, 0.1) is 0 Å². The van der Waals surface area contributed by atoms with Crippen molar-refractivity contribution in [3.63, 3.8) is 0 Å². The van der Waals surface area contributed by atoms with Gasteiger partial charge in [-0.25, -0.2) is 4.79 Å². The summed E-state index contributed by atoms with van der Waals surface area (Å²) in [7, 11) is 0. The van der Waals surface area contributed by atoms with E-state index in [9.17, 15) is 14.4 Å². The summed E-state index contributed by atoms with van der Waals surface area (Å²) in [5.74, 6) is 0.455. The van der Waals surface area contributed by atoms with Crippen LogP contribution in [-0.2, 0) is 26.3 Å². The Morgan fingerprint density at radius 3 is 2.14 bits per heavy atom. The highest BCUT2D eigenvalue weighted by Crippen LogP contribution is 2.24. The number of hydrogen-bond donors (Lipinski definition) is 3. The van der Waals surface area contributed by atoms with Crippen molar-refractivity contribution in [2.24, 2.45) is 0 Å². The van der Waals surface area contributed by atoms with Gasteiger partial charge in [-0.3, -0.25) is 9.59 Å². The third-order valence-corrected chi connectivity index (χ3v) is 5.32. The summed E-state index contributed by atoms with van der Waals surface area (Å²) in [5, 5.41) is 8.30. The van der Waals surface area contributed by atoms with Crippen molar-refractivity contribution < 1.29 is 23.9 Å². The highest BCUT2D eigenvalue weighted by atomic mass is 16.6. The lowest BCUT2D eigenvalue weighted by Gasteiger charge is -2.19. The molecule has 2 aromatic rings. The maximum Gasteiger partial charge on any atom is 0.407 e. The molecule has 0 saturated heterocycles. The Labute approximate surface area is 220 Å². The molecule has 3 N–H and O–H groups in total. The SMILES string of the molecule is CC(C)(C)OC(=O)NCCC(=O)Nc1ccccc1CNC(=O)CCCOc1ccc(C(C)(C)C)cc1. The molecule has 0 spiro atoms. The predicted octanol–water partition coefficient (Wildman–Crippen LogP) is 5.31. The Kier molecular flexibility index (Phi) is 11.0. The zero-order valence-electron chi connectivity index (χ0n) is 22.9. The maximum absolute atomic E-state index is 12.3. The lowest BCUT2D eigenvalue weighted by Crippen LogP contribution is -2.34. The van der Waals surface area contributed by atoms with Crippen molar-refractivity contribution in [2.45, 2.75) is 78.4 Å². The van der Waals surface area contributed by atoms with Crippen molar-refractivity contribution in [3.8, 4) is 5.75 Å². The molecule has 0 aliphatic heterocycles. The Morgan fingerprint density at radius 2 is 1.49 bits per heavy atom. The van der Waals surface area contributed by atoms with Crippen molar-refractivity contribution in [3.05, 3.63) is 59.7 Å². The molecule has 0 saturated carbocycles. The van der Waals surface area contributed by atoms with Gasteiger partial charge in [-0.05, 0) is 61.9 Å². The summed E-state index contributed by atoms with van der Waals surface area (Å²) in [5.41, 5.74) is 2.15. The van der Waals surface area contributed by atoms with Gasteiger partial charge < -0.3 is 25.4 Å². The van der Waals surface area contributed by atoms with E-state index >= 15 is 0 Å². The lowest BCUT2D eigenvalue weighted by atomic mass is 9.87. The number of nitrogens with one attached hydrogen (secondary N) is 3. The monoisotopic (exact) mass is 511 g/mol. The highest BCUT2D eigenvalue weighted by Gasteiger charge is 2.16. The van der Waals surface area contributed by atoms with Gasteiger partial charge in [-0.15, -0.1) is 0 Å². The fourth-order valence-corrected chi connectivity index (χ4v) is 3.36. The van der Waals surface area contributed by atoms with Crippen molar-refractivity contribution >= 4 is 23.6 Å². The van der Waals surface area contributed by atoms with E-state index in [2.05, 4.69) is 48.9 Å². The molecule has 202 valence electrons. The Bertz CT molecular complexity index is 1040. The van der Waals surface area contributed by atoms with Gasteiger partial charge in [0.05, 0.1) is 6.61 Å². The molecule has 0 aliphatic rings. The van der Waals surface area contributed by atoms with E-state index in [1.165, 1.54) is 5.56 Å². The van der Waals surface area contributed by atoms with Crippen molar-refractivity contribution in [1.29, 1.82) is 0 Å². The highest BCUT2D eigenvalue weighted by molar-refractivity contribution is 5.92. The molecule has 0 aromatic heterocycles. The van der Waals surface area contributed by atoms with Crippen LogP contribution in [0.25, 0.3) is 0 Å². The van der Waals surface area contributed by atoms with Gasteiger partial charge in [0, 0.05) is 31.6 Å². The predicted molar refractivity (Wildman–Crippen MR) is 146 cm³/mol. The number of para-hydroxylation sites is 1. The standard InChI is InChI=1S/C29H41N3O5/c1-28(2,3)22-13-15-23(16-14-22)36-19-9-12-25(33)31-20-21-10-7-8-11-24(21)32-26(34)17-18-30-27(35)37-29(4,5)6/h7-8,10-11,13-16H,9,12,17-20H2,1-6H3,(H,30,35)(H,31,33)(H,32,34). The molecule has 0 bridgehead atoms.